The molecule has 310 valence electrons. The van der Waals surface area contributed by atoms with E-state index in [2.05, 4.69) is 95.5 Å². The summed E-state index contributed by atoms with van der Waals surface area (Å²) in [6.07, 6.45) is 10.7. The van der Waals surface area contributed by atoms with Gasteiger partial charge in [-0.2, -0.15) is 0 Å². The Morgan fingerprint density at radius 2 is 1.15 bits per heavy atom. The smallest absolute Gasteiger partial charge is 0.240 e. The highest BCUT2D eigenvalue weighted by atomic mass is 79.9. The summed E-state index contributed by atoms with van der Waals surface area (Å²) >= 11 is 3.46. The van der Waals surface area contributed by atoms with Crippen LogP contribution in [0.4, 0.5) is 11.6 Å². The lowest BCUT2D eigenvalue weighted by atomic mass is 10.2. The predicted molar refractivity (Wildman–Crippen MR) is 232 cm³/mol. The molecule has 0 atom stereocenters. The SMILES string of the molecule is CC(C)CNc1nc(Br)cn2c(-c3ccc(S(=O)(=O)NC4CC4)cc3)cnc12.CC(C)CNc1nc(C#CCO)cn2c(-c3ccc(S(=O)(=O)NC4CC4)cc3)cnc12. The average Bonchev–Trinajstić information content (AvgIpc) is 4.11. The van der Waals surface area contributed by atoms with Crippen molar-refractivity contribution in [1.29, 1.82) is 0 Å². The first kappa shape index (κ1) is 42.2. The Balaban J connectivity index is 0.000000180. The predicted octanol–water partition coefficient (Wildman–Crippen LogP) is 5.92. The molecule has 0 bridgehead atoms. The summed E-state index contributed by atoms with van der Waals surface area (Å²) in [5.74, 6) is 7.69. The van der Waals surface area contributed by atoms with Crippen LogP contribution in [0.5, 0.6) is 0 Å². The normalized spacial score (nSPS) is 14.3. The summed E-state index contributed by atoms with van der Waals surface area (Å²) < 4.78 is 59.5. The van der Waals surface area contributed by atoms with E-state index in [4.69, 9.17) is 5.11 Å². The highest BCUT2D eigenvalue weighted by molar-refractivity contribution is 9.10. The van der Waals surface area contributed by atoms with Crippen molar-refractivity contribution in [2.45, 2.75) is 75.3 Å². The van der Waals surface area contributed by atoms with E-state index in [1.165, 1.54) is 0 Å². The topological polar surface area (TPSA) is 197 Å². The van der Waals surface area contributed by atoms with Gasteiger partial charge >= 0.3 is 0 Å². The van der Waals surface area contributed by atoms with Gasteiger partial charge in [0.15, 0.2) is 22.9 Å². The number of hydrogen-bond acceptors (Lipinski definition) is 11. The Morgan fingerprint density at radius 1 is 0.712 bits per heavy atom. The second-order valence-electron chi connectivity index (χ2n) is 15.4. The van der Waals surface area contributed by atoms with Crippen LogP contribution < -0.4 is 20.1 Å². The first-order valence-corrected chi connectivity index (χ1v) is 23.2. The molecule has 0 saturated heterocycles. The molecule has 18 heteroatoms. The Hall–Kier alpha value is -4.90. The molecule has 0 spiro atoms. The third kappa shape index (κ3) is 10.5. The van der Waals surface area contributed by atoms with E-state index in [-0.39, 0.29) is 28.5 Å². The van der Waals surface area contributed by atoms with Crippen LogP contribution in [0.1, 0.15) is 59.1 Å². The summed E-state index contributed by atoms with van der Waals surface area (Å²) in [5.41, 5.74) is 5.23. The fourth-order valence-electron chi connectivity index (χ4n) is 5.99. The van der Waals surface area contributed by atoms with Crippen molar-refractivity contribution in [2.24, 2.45) is 11.8 Å². The lowest BCUT2D eigenvalue weighted by Crippen LogP contribution is -2.25. The number of halogens is 1. The number of benzene rings is 2. The average molecular weight is 904 g/mol. The number of nitrogens with zero attached hydrogens (tertiary/aromatic N) is 6. The van der Waals surface area contributed by atoms with Crippen LogP contribution >= 0.6 is 15.9 Å². The van der Waals surface area contributed by atoms with Crippen LogP contribution in [0.25, 0.3) is 33.8 Å². The minimum atomic E-state index is -3.50. The lowest BCUT2D eigenvalue weighted by molar-refractivity contribution is 0.350. The molecular weight excluding hydrogens is 857 g/mol. The van der Waals surface area contributed by atoms with Crippen molar-refractivity contribution in [3.05, 3.63) is 83.6 Å². The zero-order valence-corrected chi connectivity index (χ0v) is 36.4. The maximum atomic E-state index is 12.4. The van der Waals surface area contributed by atoms with Crippen molar-refractivity contribution >= 4 is 58.9 Å². The summed E-state index contributed by atoms with van der Waals surface area (Å²) in [5, 5.41) is 15.7. The number of aliphatic hydroxyl groups is 1. The van der Waals surface area contributed by atoms with E-state index in [0.717, 1.165) is 66.9 Å². The summed E-state index contributed by atoms with van der Waals surface area (Å²) in [7, 11) is -6.95. The minimum absolute atomic E-state index is 0.0613. The number of anilines is 2. The first-order valence-electron chi connectivity index (χ1n) is 19.5. The molecule has 0 aliphatic heterocycles. The number of imidazole rings is 2. The molecule has 2 aromatic carbocycles. The zero-order valence-electron chi connectivity index (χ0n) is 33.1. The van der Waals surface area contributed by atoms with Gasteiger partial charge in [-0.25, -0.2) is 46.2 Å². The van der Waals surface area contributed by atoms with Crippen LogP contribution in [0.2, 0.25) is 0 Å². The van der Waals surface area contributed by atoms with E-state index in [9.17, 15) is 16.8 Å². The zero-order chi connectivity index (χ0) is 41.9. The van der Waals surface area contributed by atoms with E-state index in [1.54, 1.807) is 67.1 Å². The number of sulfonamides is 2. The first-order chi connectivity index (χ1) is 28.2. The third-order valence-corrected chi connectivity index (χ3v) is 12.8. The molecule has 2 fully saturated rings. The van der Waals surface area contributed by atoms with Crippen LogP contribution in [0.3, 0.4) is 0 Å². The highest BCUT2D eigenvalue weighted by Gasteiger charge is 2.29. The summed E-state index contributed by atoms with van der Waals surface area (Å²) in [4.78, 5) is 18.6. The van der Waals surface area contributed by atoms with Crippen molar-refractivity contribution in [1.82, 2.24) is 38.2 Å². The number of hydrogen-bond donors (Lipinski definition) is 5. The molecule has 0 amide bonds. The van der Waals surface area contributed by atoms with Gasteiger partial charge in [-0.15, -0.1) is 0 Å². The molecule has 59 heavy (non-hydrogen) atoms. The van der Waals surface area contributed by atoms with E-state index in [0.29, 0.717) is 39.4 Å². The van der Waals surface area contributed by atoms with Crippen molar-refractivity contribution in [3.8, 4) is 34.4 Å². The molecule has 4 heterocycles. The summed E-state index contributed by atoms with van der Waals surface area (Å²) in [6.45, 7) is 9.73. The van der Waals surface area contributed by atoms with Crippen LogP contribution in [-0.4, -0.2) is 82.5 Å². The standard InChI is InChI=1S/C22H25N5O3S.C19H22BrN5O2S/c1-15(2)12-23-21-22-24-13-20(27(22)14-18(25-21)4-3-11-28)16-5-9-19(10-6-16)31(29,30)26-17-7-8-17;1-12(2)9-21-18-19-22-10-16(25(19)11-17(20)23-18)13-3-7-15(8-4-13)28(26,27)24-14-5-6-14/h5-6,9-10,13-15,17,26,28H,7-8,11-12H2,1-2H3,(H,23,25);3-4,7-8,10-12,14,24H,5-6,9H2,1-2H3,(H,21,23). The third-order valence-electron chi connectivity index (χ3n) is 9.33. The van der Waals surface area contributed by atoms with Crippen LogP contribution in [0, 0.1) is 23.7 Å². The van der Waals surface area contributed by atoms with Crippen LogP contribution in [0.15, 0.2) is 87.7 Å². The maximum Gasteiger partial charge on any atom is 0.240 e. The minimum Gasteiger partial charge on any atom is -0.384 e. The van der Waals surface area contributed by atoms with Crippen molar-refractivity contribution in [2.75, 3.05) is 30.3 Å². The fraction of sp³-hybridized carbons (Fsp3) is 0.366. The highest BCUT2D eigenvalue weighted by Crippen LogP contribution is 2.29. The number of aromatic nitrogens is 6. The largest absolute Gasteiger partial charge is 0.384 e. The Bertz CT molecular complexity index is 2730. The van der Waals surface area contributed by atoms with E-state index < -0.39 is 20.0 Å². The van der Waals surface area contributed by atoms with Gasteiger partial charge in [0.05, 0.1) is 33.6 Å². The molecule has 4 aromatic heterocycles. The quantitative estimate of drug-likeness (QED) is 0.0815. The number of fused-ring (bicyclic) bond motifs is 2. The van der Waals surface area contributed by atoms with Gasteiger partial charge in [0.2, 0.25) is 20.0 Å². The summed E-state index contributed by atoms with van der Waals surface area (Å²) in [6, 6.07) is 13.8. The van der Waals surface area contributed by atoms with Crippen LogP contribution in [-0.2, 0) is 20.0 Å². The molecule has 2 saturated carbocycles. The second kappa shape index (κ2) is 17.8. The molecule has 6 aromatic rings. The lowest BCUT2D eigenvalue weighted by Gasteiger charge is -2.11. The number of rotatable bonds is 14. The molecule has 0 radical (unpaired) electrons. The van der Waals surface area contributed by atoms with Gasteiger partial charge < -0.3 is 15.7 Å². The second-order valence-corrected chi connectivity index (χ2v) is 19.7. The molecule has 5 N–H and O–H groups in total. The van der Waals surface area contributed by atoms with Gasteiger partial charge in [0.1, 0.15) is 16.9 Å². The Kier molecular flexibility index (Phi) is 12.7. The van der Waals surface area contributed by atoms with Gasteiger partial charge in [-0.05, 0) is 83.6 Å². The van der Waals surface area contributed by atoms with Gasteiger partial charge in [0.25, 0.3) is 0 Å². The van der Waals surface area contributed by atoms with Crippen molar-refractivity contribution in [3.63, 3.8) is 0 Å². The van der Waals surface area contributed by atoms with Gasteiger partial charge in [-0.1, -0.05) is 57.9 Å². The Morgan fingerprint density at radius 3 is 1.58 bits per heavy atom. The van der Waals surface area contributed by atoms with Gasteiger partial charge in [0, 0.05) is 48.7 Å². The maximum absolute atomic E-state index is 12.4. The molecule has 2 aliphatic rings. The van der Waals surface area contributed by atoms with Gasteiger partial charge in [-0.3, -0.25) is 8.80 Å². The fourth-order valence-corrected chi connectivity index (χ4v) is 8.98. The Labute approximate surface area is 352 Å². The van der Waals surface area contributed by atoms with E-state index in [1.807, 2.05) is 15.0 Å². The molecule has 2 aliphatic carbocycles. The molecule has 0 unspecified atom stereocenters. The van der Waals surface area contributed by atoms with Crippen molar-refractivity contribution < 1.29 is 21.9 Å². The number of aliphatic hydroxyl groups excluding tert-OH is 1. The van der Waals surface area contributed by atoms with E-state index >= 15 is 0 Å². The number of nitrogens with one attached hydrogen (secondary N) is 4. The molecule has 15 nitrogen and oxygen atoms in total. The molecular formula is C41H47BrN10O5S2. The molecule has 8 rings (SSSR count). The monoisotopic (exact) mass is 902 g/mol.